The summed E-state index contributed by atoms with van der Waals surface area (Å²) in [7, 11) is 0. The van der Waals surface area contributed by atoms with E-state index in [1.807, 2.05) is 18.2 Å². The van der Waals surface area contributed by atoms with Crippen LogP contribution >= 0.6 is 0 Å². The number of hydrogen-bond donors (Lipinski definition) is 1. The molecule has 1 N–H and O–H groups in total. The molecular weight excluding hydrogens is 188 g/mol. The Hall–Kier alpha value is -1.38. The van der Waals surface area contributed by atoms with Gasteiger partial charge in [-0.05, 0) is 30.9 Å². The first-order chi connectivity index (χ1) is 7.34. The smallest absolute Gasteiger partial charge is 0.132 e. The van der Waals surface area contributed by atoms with Gasteiger partial charge in [-0.1, -0.05) is 6.07 Å². The minimum Gasteiger partial charge on any atom is -0.370 e. The maximum absolute atomic E-state index is 11.1. The van der Waals surface area contributed by atoms with Crippen LogP contribution in [-0.4, -0.2) is 17.3 Å². The number of carbonyl (C=O) groups is 1. The van der Waals surface area contributed by atoms with E-state index in [4.69, 9.17) is 0 Å². The third kappa shape index (κ3) is 3.05. The van der Waals surface area contributed by atoms with Gasteiger partial charge in [0.05, 0.1) is 0 Å². The molecule has 1 fully saturated rings. The Bertz CT molecular complexity index is 314. The second-order valence-corrected chi connectivity index (χ2v) is 4.08. The molecule has 1 saturated carbocycles. The van der Waals surface area contributed by atoms with E-state index in [2.05, 4.69) is 10.3 Å². The van der Waals surface area contributed by atoms with Gasteiger partial charge in [0.15, 0.2) is 0 Å². The van der Waals surface area contributed by atoms with Crippen molar-refractivity contribution in [3.8, 4) is 0 Å². The maximum Gasteiger partial charge on any atom is 0.132 e. The number of anilines is 1. The first-order valence-corrected chi connectivity index (χ1v) is 5.51. The van der Waals surface area contributed by atoms with Crippen molar-refractivity contribution in [2.24, 2.45) is 5.92 Å². The van der Waals surface area contributed by atoms with Crippen molar-refractivity contribution in [2.75, 3.05) is 11.9 Å². The monoisotopic (exact) mass is 204 g/mol. The van der Waals surface area contributed by atoms with Gasteiger partial charge in [-0.15, -0.1) is 0 Å². The molecule has 0 bridgehead atoms. The molecule has 0 atom stereocenters. The zero-order valence-electron chi connectivity index (χ0n) is 8.78. The van der Waals surface area contributed by atoms with Crippen LogP contribution in [-0.2, 0) is 4.79 Å². The van der Waals surface area contributed by atoms with Crippen LogP contribution in [0, 0.1) is 5.92 Å². The zero-order valence-corrected chi connectivity index (χ0v) is 8.78. The van der Waals surface area contributed by atoms with Crippen LogP contribution < -0.4 is 5.32 Å². The molecule has 1 aromatic rings. The predicted molar refractivity (Wildman–Crippen MR) is 59.7 cm³/mol. The normalized spacial score (nSPS) is 17.7. The molecule has 1 aliphatic rings. The third-order valence-corrected chi connectivity index (χ3v) is 2.90. The molecule has 3 nitrogen and oxygen atoms in total. The summed E-state index contributed by atoms with van der Waals surface area (Å²) in [6.45, 7) is 0.935. The van der Waals surface area contributed by atoms with Crippen molar-refractivity contribution >= 4 is 11.6 Å². The average Bonchev–Trinajstić information content (AvgIpc) is 2.30. The zero-order chi connectivity index (χ0) is 10.5. The van der Waals surface area contributed by atoms with Crippen LogP contribution in [0.1, 0.15) is 25.7 Å². The standard InChI is InChI=1S/C12H16N2O/c15-11-6-4-10(5-7-11)9-14-12-3-1-2-8-13-12/h1-3,8,10H,4-7,9H2,(H,13,14). The van der Waals surface area contributed by atoms with E-state index >= 15 is 0 Å². The van der Waals surface area contributed by atoms with Gasteiger partial charge in [-0.3, -0.25) is 4.79 Å². The van der Waals surface area contributed by atoms with Gasteiger partial charge in [0.1, 0.15) is 11.6 Å². The largest absolute Gasteiger partial charge is 0.370 e. The van der Waals surface area contributed by atoms with Crippen LogP contribution in [0.4, 0.5) is 5.82 Å². The number of nitrogens with zero attached hydrogens (tertiary/aromatic N) is 1. The second kappa shape index (κ2) is 4.91. The highest BCUT2D eigenvalue weighted by molar-refractivity contribution is 5.79. The molecule has 0 unspecified atom stereocenters. The average molecular weight is 204 g/mol. The lowest BCUT2D eigenvalue weighted by Crippen LogP contribution is -2.21. The van der Waals surface area contributed by atoms with Gasteiger partial charge in [0, 0.05) is 25.6 Å². The predicted octanol–water partition coefficient (Wildman–Crippen LogP) is 2.25. The van der Waals surface area contributed by atoms with E-state index in [-0.39, 0.29) is 0 Å². The van der Waals surface area contributed by atoms with Crippen LogP contribution in [0.25, 0.3) is 0 Å². The van der Waals surface area contributed by atoms with Gasteiger partial charge < -0.3 is 5.32 Å². The number of carbonyl (C=O) groups excluding carboxylic acids is 1. The molecule has 2 rings (SSSR count). The summed E-state index contributed by atoms with van der Waals surface area (Å²) in [5.74, 6) is 1.98. The van der Waals surface area contributed by atoms with Crippen molar-refractivity contribution in [1.29, 1.82) is 0 Å². The molecular formula is C12H16N2O. The molecule has 80 valence electrons. The van der Waals surface area contributed by atoms with Gasteiger partial charge in [-0.25, -0.2) is 4.98 Å². The fraction of sp³-hybridized carbons (Fsp3) is 0.500. The Kier molecular flexibility index (Phi) is 3.33. The first-order valence-electron chi connectivity index (χ1n) is 5.51. The summed E-state index contributed by atoms with van der Waals surface area (Å²) in [4.78, 5) is 15.3. The minimum atomic E-state index is 0.420. The highest BCUT2D eigenvalue weighted by Gasteiger charge is 2.18. The SMILES string of the molecule is O=C1CCC(CNc2ccccn2)CC1. The van der Waals surface area contributed by atoms with Gasteiger partial charge in [0.2, 0.25) is 0 Å². The number of aromatic nitrogens is 1. The molecule has 0 radical (unpaired) electrons. The quantitative estimate of drug-likeness (QED) is 0.821. The van der Waals surface area contributed by atoms with Crippen LogP contribution in [0.5, 0.6) is 0 Å². The number of pyridine rings is 1. The van der Waals surface area contributed by atoms with E-state index in [1.54, 1.807) is 6.20 Å². The van der Waals surface area contributed by atoms with Crippen LogP contribution in [0.15, 0.2) is 24.4 Å². The Balaban J connectivity index is 1.77. The fourth-order valence-electron chi connectivity index (χ4n) is 1.92. The van der Waals surface area contributed by atoms with E-state index in [1.165, 1.54) is 0 Å². The summed E-state index contributed by atoms with van der Waals surface area (Å²) in [6, 6.07) is 5.85. The highest BCUT2D eigenvalue weighted by Crippen LogP contribution is 2.21. The Labute approximate surface area is 89.9 Å². The molecule has 15 heavy (non-hydrogen) atoms. The van der Waals surface area contributed by atoms with E-state index < -0.39 is 0 Å². The number of hydrogen-bond acceptors (Lipinski definition) is 3. The molecule has 0 spiro atoms. The first kappa shape index (κ1) is 10.1. The summed E-state index contributed by atoms with van der Waals surface area (Å²) in [6.07, 6.45) is 5.35. The summed E-state index contributed by atoms with van der Waals surface area (Å²) < 4.78 is 0. The Morgan fingerprint density at radius 2 is 2.13 bits per heavy atom. The van der Waals surface area contributed by atoms with Crippen molar-refractivity contribution in [2.45, 2.75) is 25.7 Å². The lowest BCUT2D eigenvalue weighted by Gasteiger charge is -2.21. The Morgan fingerprint density at radius 3 is 2.80 bits per heavy atom. The van der Waals surface area contributed by atoms with Gasteiger partial charge in [-0.2, -0.15) is 0 Å². The highest BCUT2D eigenvalue weighted by atomic mass is 16.1. The molecule has 0 amide bonds. The Morgan fingerprint density at radius 1 is 1.33 bits per heavy atom. The van der Waals surface area contributed by atoms with E-state index in [0.29, 0.717) is 11.7 Å². The van der Waals surface area contributed by atoms with Crippen molar-refractivity contribution in [3.63, 3.8) is 0 Å². The molecule has 1 heterocycles. The van der Waals surface area contributed by atoms with Crippen molar-refractivity contribution < 1.29 is 4.79 Å². The molecule has 1 aliphatic carbocycles. The van der Waals surface area contributed by atoms with Crippen LogP contribution in [0.3, 0.4) is 0 Å². The maximum atomic E-state index is 11.1. The number of nitrogens with one attached hydrogen (secondary N) is 1. The second-order valence-electron chi connectivity index (χ2n) is 4.08. The number of Topliss-reactive ketones (excluding diaryl/α,β-unsaturated/α-hetero) is 1. The van der Waals surface area contributed by atoms with E-state index in [0.717, 1.165) is 38.0 Å². The molecule has 0 saturated heterocycles. The topological polar surface area (TPSA) is 42.0 Å². The molecule has 0 aromatic carbocycles. The third-order valence-electron chi connectivity index (χ3n) is 2.90. The minimum absolute atomic E-state index is 0.420. The van der Waals surface area contributed by atoms with Crippen molar-refractivity contribution in [3.05, 3.63) is 24.4 Å². The lowest BCUT2D eigenvalue weighted by atomic mass is 9.88. The molecule has 0 aliphatic heterocycles. The van der Waals surface area contributed by atoms with Crippen molar-refractivity contribution in [1.82, 2.24) is 4.98 Å². The molecule has 1 aromatic heterocycles. The lowest BCUT2D eigenvalue weighted by molar-refractivity contribution is -0.120. The fourth-order valence-corrected chi connectivity index (χ4v) is 1.92. The van der Waals surface area contributed by atoms with Gasteiger partial charge >= 0.3 is 0 Å². The number of rotatable bonds is 3. The molecule has 3 heteroatoms. The van der Waals surface area contributed by atoms with Crippen LogP contribution in [0.2, 0.25) is 0 Å². The van der Waals surface area contributed by atoms with E-state index in [9.17, 15) is 4.79 Å². The summed E-state index contributed by atoms with van der Waals surface area (Å²) in [5.41, 5.74) is 0. The summed E-state index contributed by atoms with van der Waals surface area (Å²) >= 11 is 0. The number of ketones is 1. The van der Waals surface area contributed by atoms with Gasteiger partial charge in [0.25, 0.3) is 0 Å². The summed E-state index contributed by atoms with van der Waals surface area (Å²) in [5, 5.41) is 3.31.